The molecule has 2 aromatic rings. The normalized spacial score (nSPS) is 10.4. The number of anilines is 1. The van der Waals surface area contributed by atoms with Crippen LogP contribution in [0.5, 0.6) is 5.75 Å². The van der Waals surface area contributed by atoms with E-state index in [1.54, 1.807) is 30.2 Å². The fourth-order valence-electron chi connectivity index (χ4n) is 2.01. The zero-order valence-electron chi connectivity index (χ0n) is 11.9. The van der Waals surface area contributed by atoms with Crippen LogP contribution in [-0.2, 0) is 4.74 Å². The minimum atomic E-state index is -0.258. The summed E-state index contributed by atoms with van der Waals surface area (Å²) >= 11 is 0. The third-order valence-electron chi connectivity index (χ3n) is 2.97. The highest BCUT2D eigenvalue weighted by atomic mass is 19.1. The Bertz CT molecular complexity index is 584. The Kier molecular flexibility index (Phi) is 4.58. The summed E-state index contributed by atoms with van der Waals surface area (Å²) in [5.41, 5.74) is 1.78. The van der Waals surface area contributed by atoms with Gasteiger partial charge in [-0.2, -0.15) is 0 Å². The van der Waals surface area contributed by atoms with Gasteiger partial charge in [-0.3, -0.25) is 0 Å². The Morgan fingerprint density at radius 1 is 1.00 bits per heavy atom. The van der Waals surface area contributed by atoms with Gasteiger partial charge in [0, 0.05) is 32.3 Å². The van der Waals surface area contributed by atoms with Crippen LogP contribution in [0.2, 0.25) is 0 Å². The van der Waals surface area contributed by atoms with Crippen LogP contribution >= 0.6 is 0 Å². The lowest BCUT2D eigenvalue weighted by molar-refractivity contribution is 0.0515. The molecular formula is C16H18FNO2. The number of hydrogen-bond acceptors (Lipinski definition) is 3. The number of methoxy groups -OCH3 is 1. The Hall–Kier alpha value is -2.07. The molecule has 0 heterocycles. The molecule has 106 valence electrons. The molecule has 3 nitrogen and oxygen atoms in total. The second kappa shape index (κ2) is 6.39. The number of benzene rings is 2. The summed E-state index contributed by atoms with van der Waals surface area (Å²) in [4.78, 5) is 1.75. The zero-order chi connectivity index (χ0) is 14.5. The van der Waals surface area contributed by atoms with E-state index in [1.807, 2.05) is 38.4 Å². The van der Waals surface area contributed by atoms with Gasteiger partial charge in [0.1, 0.15) is 5.75 Å². The van der Waals surface area contributed by atoms with Gasteiger partial charge < -0.3 is 14.4 Å². The molecular weight excluding hydrogens is 257 g/mol. The van der Waals surface area contributed by atoms with Crippen molar-refractivity contribution in [3.63, 3.8) is 0 Å². The van der Waals surface area contributed by atoms with E-state index in [-0.39, 0.29) is 12.6 Å². The predicted octanol–water partition coefficient (Wildman–Crippen LogP) is 3.54. The van der Waals surface area contributed by atoms with E-state index in [4.69, 9.17) is 9.47 Å². The lowest BCUT2D eigenvalue weighted by atomic mass is 10.0. The molecule has 2 aromatic carbocycles. The van der Waals surface area contributed by atoms with Crippen molar-refractivity contribution >= 4 is 5.69 Å². The molecule has 0 atom stereocenters. The van der Waals surface area contributed by atoms with Crippen LogP contribution in [-0.4, -0.2) is 28.0 Å². The molecule has 0 unspecified atom stereocenters. The molecule has 0 aliphatic heterocycles. The first kappa shape index (κ1) is 14.3. The molecule has 4 heteroatoms. The first-order valence-corrected chi connectivity index (χ1v) is 6.32. The van der Waals surface area contributed by atoms with Crippen LogP contribution < -0.4 is 9.64 Å². The Balaban J connectivity index is 2.49. The van der Waals surface area contributed by atoms with Crippen LogP contribution in [0.3, 0.4) is 0 Å². The second-order valence-corrected chi connectivity index (χ2v) is 4.58. The standard InChI is InChI=1S/C16H18FNO2/c1-18(2)14-9-6-8-13(16(14)17)12-7-4-5-10-15(12)20-11-19-3/h4-10H,11H2,1-3H3. The average molecular weight is 275 g/mol. The molecule has 0 aliphatic carbocycles. The van der Waals surface area contributed by atoms with Crippen molar-refractivity contribution < 1.29 is 13.9 Å². The van der Waals surface area contributed by atoms with E-state index >= 15 is 0 Å². The Morgan fingerprint density at radius 2 is 1.70 bits per heavy atom. The summed E-state index contributed by atoms with van der Waals surface area (Å²) in [6, 6.07) is 12.7. The van der Waals surface area contributed by atoms with Crippen molar-refractivity contribution in [2.24, 2.45) is 0 Å². The van der Waals surface area contributed by atoms with Crippen molar-refractivity contribution in [2.45, 2.75) is 0 Å². The van der Waals surface area contributed by atoms with Crippen molar-refractivity contribution in [2.75, 3.05) is 32.9 Å². The van der Waals surface area contributed by atoms with Gasteiger partial charge in [0.25, 0.3) is 0 Å². The Morgan fingerprint density at radius 3 is 2.40 bits per heavy atom. The van der Waals surface area contributed by atoms with Gasteiger partial charge in [-0.15, -0.1) is 0 Å². The van der Waals surface area contributed by atoms with Crippen LogP contribution in [0, 0.1) is 5.82 Å². The van der Waals surface area contributed by atoms with Crippen LogP contribution in [0.25, 0.3) is 11.1 Å². The molecule has 0 saturated heterocycles. The number of halogens is 1. The highest BCUT2D eigenvalue weighted by Gasteiger charge is 2.14. The van der Waals surface area contributed by atoms with Crippen LogP contribution in [0.15, 0.2) is 42.5 Å². The van der Waals surface area contributed by atoms with E-state index in [0.717, 1.165) is 0 Å². The van der Waals surface area contributed by atoms with Crippen molar-refractivity contribution in [1.29, 1.82) is 0 Å². The summed E-state index contributed by atoms with van der Waals surface area (Å²) in [6.45, 7) is 0.131. The van der Waals surface area contributed by atoms with Gasteiger partial charge in [-0.05, 0) is 12.1 Å². The summed E-state index contributed by atoms with van der Waals surface area (Å²) in [6.07, 6.45) is 0. The number of rotatable bonds is 5. The van der Waals surface area contributed by atoms with Gasteiger partial charge in [0.05, 0.1) is 5.69 Å². The molecule has 0 aliphatic rings. The topological polar surface area (TPSA) is 21.7 Å². The van der Waals surface area contributed by atoms with Gasteiger partial charge in [-0.1, -0.05) is 30.3 Å². The maximum absolute atomic E-state index is 14.6. The highest BCUT2D eigenvalue weighted by molar-refractivity contribution is 5.74. The van der Waals surface area contributed by atoms with E-state index in [2.05, 4.69) is 0 Å². The van der Waals surface area contributed by atoms with Crippen molar-refractivity contribution in [1.82, 2.24) is 0 Å². The van der Waals surface area contributed by atoms with E-state index < -0.39 is 0 Å². The molecule has 0 aromatic heterocycles. The SMILES string of the molecule is COCOc1ccccc1-c1cccc(N(C)C)c1F. The molecule has 0 amide bonds. The van der Waals surface area contributed by atoms with E-state index in [9.17, 15) is 4.39 Å². The van der Waals surface area contributed by atoms with Crippen LogP contribution in [0.1, 0.15) is 0 Å². The lowest BCUT2D eigenvalue weighted by Crippen LogP contribution is -2.11. The molecule has 0 radical (unpaired) electrons. The zero-order valence-corrected chi connectivity index (χ0v) is 11.9. The Labute approximate surface area is 118 Å². The molecule has 0 spiro atoms. The van der Waals surface area contributed by atoms with Gasteiger partial charge in [-0.25, -0.2) is 4.39 Å². The van der Waals surface area contributed by atoms with E-state index in [0.29, 0.717) is 22.6 Å². The monoisotopic (exact) mass is 275 g/mol. The first-order chi connectivity index (χ1) is 9.65. The summed E-state index contributed by atoms with van der Waals surface area (Å²) in [5.74, 6) is 0.343. The van der Waals surface area contributed by atoms with Crippen LogP contribution in [0.4, 0.5) is 10.1 Å². The lowest BCUT2D eigenvalue weighted by Gasteiger charge is -2.17. The van der Waals surface area contributed by atoms with Crippen molar-refractivity contribution in [3.8, 4) is 16.9 Å². The van der Waals surface area contributed by atoms with Gasteiger partial charge in [0.2, 0.25) is 0 Å². The fourth-order valence-corrected chi connectivity index (χ4v) is 2.01. The fraction of sp³-hybridized carbons (Fsp3) is 0.250. The smallest absolute Gasteiger partial charge is 0.188 e. The van der Waals surface area contributed by atoms with Gasteiger partial charge >= 0.3 is 0 Å². The first-order valence-electron chi connectivity index (χ1n) is 6.32. The highest BCUT2D eigenvalue weighted by Crippen LogP contribution is 2.34. The minimum absolute atomic E-state index is 0.131. The molecule has 0 bridgehead atoms. The third kappa shape index (κ3) is 2.91. The minimum Gasteiger partial charge on any atom is -0.467 e. The summed E-state index contributed by atoms with van der Waals surface area (Å²) in [5, 5.41) is 0. The number of para-hydroxylation sites is 1. The van der Waals surface area contributed by atoms with Gasteiger partial charge in [0.15, 0.2) is 12.6 Å². The summed E-state index contributed by atoms with van der Waals surface area (Å²) in [7, 11) is 5.18. The van der Waals surface area contributed by atoms with Crippen molar-refractivity contribution in [3.05, 3.63) is 48.3 Å². The maximum Gasteiger partial charge on any atom is 0.188 e. The number of nitrogens with zero attached hydrogens (tertiary/aromatic N) is 1. The quantitative estimate of drug-likeness (QED) is 0.779. The molecule has 0 saturated carbocycles. The third-order valence-corrected chi connectivity index (χ3v) is 2.97. The molecule has 0 N–H and O–H groups in total. The number of hydrogen-bond donors (Lipinski definition) is 0. The molecule has 0 fully saturated rings. The largest absolute Gasteiger partial charge is 0.467 e. The molecule has 20 heavy (non-hydrogen) atoms. The molecule has 2 rings (SSSR count). The van der Waals surface area contributed by atoms with E-state index in [1.165, 1.54) is 0 Å². The number of ether oxygens (including phenoxy) is 2. The average Bonchev–Trinajstić information content (AvgIpc) is 2.45. The second-order valence-electron chi connectivity index (χ2n) is 4.58. The summed E-state index contributed by atoms with van der Waals surface area (Å²) < 4.78 is 25.0. The predicted molar refractivity (Wildman–Crippen MR) is 78.7 cm³/mol. The maximum atomic E-state index is 14.6.